The Morgan fingerprint density at radius 1 is 1.40 bits per heavy atom. The highest BCUT2D eigenvalue weighted by Crippen LogP contribution is 2.25. The van der Waals surface area contributed by atoms with Gasteiger partial charge in [0.15, 0.2) is 28.9 Å². The van der Waals surface area contributed by atoms with Gasteiger partial charge in [-0.1, -0.05) is 5.16 Å². The number of nitrogens with zero attached hydrogens (tertiary/aromatic N) is 3. The number of hydrogen-bond acceptors (Lipinski definition) is 7. The number of methoxy groups -OCH3 is 1. The lowest BCUT2D eigenvalue weighted by Crippen LogP contribution is -2.16. The van der Waals surface area contributed by atoms with Crippen molar-refractivity contribution in [2.75, 3.05) is 18.2 Å². The number of anilines is 2. The van der Waals surface area contributed by atoms with Crippen molar-refractivity contribution < 1.29 is 23.4 Å². The SMILES string of the molecule is COc1c(F)cc(N/C(=N\O)c2nonc2N)cc1F. The van der Waals surface area contributed by atoms with Crippen molar-refractivity contribution in [2.45, 2.75) is 0 Å². The number of hydrogen-bond donors (Lipinski definition) is 3. The van der Waals surface area contributed by atoms with Gasteiger partial charge in [0.2, 0.25) is 5.84 Å². The van der Waals surface area contributed by atoms with Crippen LogP contribution in [0.25, 0.3) is 0 Å². The predicted molar refractivity (Wildman–Crippen MR) is 63.6 cm³/mol. The van der Waals surface area contributed by atoms with E-state index in [0.717, 1.165) is 19.2 Å². The molecule has 0 aliphatic rings. The van der Waals surface area contributed by atoms with Crippen LogP contribution in [0.3, 0.4) is 0 Å². The highest BCUT2D eigenvalue weighted by Gasteiger charge is 2.17. The van der Waals surface area contributed by atoms with Crippen molar-refractivity contribution in [3.8, 4) is 5.75 Å². The van der Waals surface area contributed by atoms with Crippen molar-refractivity contribution in [2.24, 2.45) is 5.16 Å². The van der Waals surface area contributed by atoms with E-state index in [0.29, 0.717) is 0 Å². The normalized spacial score (nSPS) is 11.4. The van der Waals surface area contributed by atoms with Crippen LogP contribution in [0.15, 0.2) is 21.9 Å². The van der Waals surface area contributed by atoms with E-state index in [9.17, 15) is 8.78 Å². The van der Waals surface area contributed by atoms with Crippen molar-refractivity contribution in [3.05, 3.63) is 29.5 Å². The van der Waals surface area contributed by atoms with Gasteiger partial charge in [-0.2, -0.15) is 0 Å². The predicted octanol–water partition coefficient (Wildman–Crippen LogP) is 1.19. The van der Waals surface area contributed by atoms with Gasteiger partial charge < -0.3 is 21.0 Å². The van der Waals surface area contributed by atoms with E-state index >= 15 is 0 Å². The highest BCUT2D eigenvalue weighted by molar-refractivity contribution is 6.09. The third-order valence-corrected chi connectivity index (χ3v) is 2.30. The Labute approximate surface area is 110 Å². The van der Waals surface area contributed by atoms with E-state index in [-0.39, 0.29) is 23.0 Å². The number of nitrogen functional groups attached to an aromatic ring is 1. The Morgan fingerprint density at radius 3 is 2.50 bits per heavy atom. The average Bonchev–Trinajstić information content (AvgIpc) is 2.82. The fraction of sp³-hybridized carbons (Fsp3) is 0.100. The molecule has 0 saturated heterocycles. The molecule has 8 nitrogen and oxygen atoms in total. The molecule has 2 rings (SSSR count). The molecule has 0 amide bonds. The van der Waals surface area contributed by atoms with Crippen LogP contribution < -0.4 is 15.8 Å². The fourth-order valence-electron chi connectivity index (χ4n) is 1.46. The van der Waals surface area contributed by atoms with Crippen LogP contribution in [-0.4, -0.2) is 28.5 Å². The minimum Gasteiger partial charge on any atom is -0.491 e. The number of nitrogens with two attached hydrogens (primary N) is 1. The molecule has 0 radical (unpaired) electrons. The van der Waals surface area contributed by atoms with E-state index in [4.69, 9.17) is 10.9 Å². The first-order chi connectivity index (χ1) is 9.56. The quantitative estimate of drug-likeness (QED) is 0.335. The summed E-state index contributed by atoms with van der Waals surface area (Å²) in [6.45, 7) is 0. The zero-order valence-electron chi connectivity index (χ0n) is 10.1. The molecular formula is C10H9F2N5O3. The van der Waals surface area contributed by atoms with Gasteiger partial charge in [-0.15, -0.1) is 0 Å². The van der Waals surface area contributed by atoms with E-state index in [1.54, 1.807) is 0 Å². The van der Waals surface area contributed by atoms with Gasteiger partial charge in [-0.05, 0) is 10.3 Å². The van der Waals surface area contributed by atoms with Gasteiger partial charge in [-0.25, -0.2) is 13.4 Å². The molecule has 0 spiro atoms. The second-order valence-electron chi connectivity index (χ2n) is 3.54. The van der Waals surface area contributed by atoms with Crippen LogP contribution in [-0.2, 0) is 0 Å². The maximum absolute atomic E-state index is 13.5. The Balaban J connectivity index is 2.32. The van der Waals surface area contributed by atoms with Crippen LogP contribution in [0.2, 0.25) is 0 Å². The number of aromatic nitrogens is 2. The second kappa shape index (κ2) is 5.38. The van der Waals surface area contributed by atoms with Crippen LogP contribution in [0.4, 0.5) is 20.3 Å². The summed E-state index contributed by atoms with van der Waals surface area (Å²) in [7, 11) is 1.14. The van der Waals surface area contributed by atoms with Gasteiger partial charge in [0.25, 0.3) is 0 Å². The largest absolute Gasteiger partial charge is 0.491 e. The lowest BCUT2D eigenvalue weighted by Gasteiger charge is -2.09. The van der Waals surface area contributed by atoms with E-state index in [2.05, 4.69) is 30.2 Å². The first-order valence-electron chi connectivity index (χ1n) is 5.17. The maximum Gasteiger partial charge on any atom is 0.203 e. The summed E-state index contributed by atoms with van der Waals surface area (Å²) in [6.07, 6.45) is 0. The van der Waals surface area contributed by atoms with E-state index < -0.39 is 17.4 Å². The molecule has 4 N–H and O–H groups in total. The molecule has 0 unspecified atom stereocenters. The molecule has 106 valence electrons. The first-order valence-corrected chi connectivity index (χ1v) is 5.17. The number of oxime groups is 1. The van der Waals surface area contributed by atoms with Gasteiger partial charge >= 0.3 is 0 Å². The monoisotopic (exact) mass is 285 g/mol. The molecule has 20 heavy (non-hydrogen) atoms. The Morgan fingerprint density at radius 2 is 2.05 bits per heavy atom. The van der Waals surface area contributed by atoms with Crippen LogP contribution in [0.5, 0.6) is 5.75 Å². The van der Waals surface area contributed by atoms with Gasteiger partial charge in [-0.3, -0.25) is 0 Å². The number of amidine groups is 1. The summed E-state index contributed by atoms with van der Waals surface area (Å²) in [5.74, 6) is -2.83. The molecule has 0 aliphatic heterocycles. The third-order valence-electron chi connectivity index (χ3n) is 2.30. The summed E-state index contributed by atoms with van der Waals surface area (Å²) in [4.78, 5) is 0. The first kappa shape index (κ1) is 13.5. The molecule has 1 heterocycles. The minimum absolute atomic E-state index is 0.0454. The summed E-state index contributed by atoms with van der Waals surface area (Å²) < 4.78 is 35.9. The van der Waals surface area contributed by atoms with Crippen molar-refractivity contribution in [3.63, 3.8) is 0 Å². The number of nitrogens with one attached hydrogen (secondary N) is 1. The standard InChI is InChI=1S/C10H9F2N5O3/c1-19-8-5(11)2-4(3-6(8)12)14-10(15-18)7-9(13)17-20-16-7/h2-3,18H,1H3,(H2,13,17)(H,14,15). The molecular weight excluding hydrogens is 276 g/mol. The molecule has 10 heteroatoms. The molecule has 0 fully saturated rings. The number of halogens is 2. The molecule has 2 aromatic rings. The fourth-order valence-corrected chi connectivity index (χ4v) is 1.46. The average molecular weight is 285 g/mol. The van der Waals surface area contributed by atoms with Crippen LogP contribution in [0.1, 0.15) is 5.69 Å². The second-order valence-corrected chi connectivity index (χ2v) is 3.54. The molecule has 0 aliphatic carbocycles. The van der Waals surface area contributed by atoms with E-state index in [1.807, 2.05) is 0 Å². The summed E-state index contributed by atoms with van der Waals surface area (Å²) in [5, 5.41) is 20.8. The minimum atomic E-state index is -0.932. The molecule has 1 aromatic carbocycles. The van der Waals surface area contributed by atoms with Gasteiger partial charge in [0.05, 0.1) is 7.11 Å². The van der Waals surface area contributed by atoms with Gasteiger partial charge in [0, 0.05) is 17.8 Å². The van der Waals surface area contributed by atoms with Crippen LogP contribution >= 0.6 is 0 Å². The van der Waals surface area contributed by atoms with E-state index in [1.165, 1.54) is 0 Å². The molecule has 1 aromatic heterocycles. The lowest BCUT2D eigenvalue weighted by atomic mass is 10.2. The summed E-state index contributed by atoms with van der Waals surface area (Å²) >= 11 is 0. The molecule has 0 bridgehead atoms. The Hall–Kier alpha value is -2.91. The molecule has 0 saturated carbocycles. The number of ether oxygens (including phenoxy) is 1. The van der Waals surface area contributed by atoms with Crippen LogP contribution in [0, 0.1) is 11.6 Å². The smallest absolute Gasteiger partial charge is 0.203 e. The number of rotatable bonds is 3. The zero-order valence-corrected chi connectivity index (χ0v) is 10.1. The Kier molecular flexibility index (Phi) is 3.64. The van der Waals surface area contributed by atoms with Crippen molar-refractivity contribution >= 4 is 17.3 Å². The zero-order chi connectivity index (χ0) is 14.7. The summed E-state index contributed by atoms with van der Waals surface area (Å²) in [5.41, 5.74) is 5.26. The number of benzene rings is 1. The van der Waals surface area contributed by atoms with Crippen molar-refractivity contribution in [1.29, 1.82) is 0 Å². The lowest BCUT2D eigenvalue weighted by molar-refractivity contribution is 0.305. The topological polar surface area (TPSA) is 119 Å². The maximum atomic E-state index is 13.5. The highest BCUT2D eigenvalue weighted by atomic mass is 19.1. The van der Waals surface area contributed by atoms with Crippen molar-refractivity contribution in [1.82, 2.24) is 10.3 Å². The van der Waals surface area contributed by atoms with Gasteiger partial charge in [0.1, 0.15) is 0 Å². The molecule has 0 atom stereocenters. The Bertz CT molecular complexity index is 635. The third kappa shape index (κ3) is 2.43. The summed E-state index contributed by atoms with van der Waals surface area (Å²) in [6, 6.07) is 1.88.